The summed E-state index contributed by atoms with van der Waals surface area (Å²) in [7, 11) is 0. The Morgan fingerprint density at radius 2 is 1.24 bits per heavy atom. The summed E-state index contributed by atoms with van der Waals surface area (Å²) in [4.78, 5) is 5.05. The third-order valence-electron chi connectivity index (χ3n) is 6.65. The lowest BCUT2D eigenvalue weighted by Gasteiger charge is -2.25. The summed E-state index contributed by atoms with van der Waals surface area (Å²) in [5.74, 6) is 0. The number of benzene rings is 3. The standard InChI is InChI=1S/C35H39NS/c1-5-7-8-9-11-30-26-34(10-6-2)37-35(30)25-18-29-16-23-33(24-17-29)36(31-19-12-27(3)13-20-31)32-21-14-28(4)15-22-32/h6,10,12-26H,5,7-9,11H2,1-4H3. The van der Waals surface area contributed by atoms with Crippen LogP contribution in [0.5, 0.6) is 0 Å². The number of thiophene rings is 1. The van der Waals surface area contributed by atoms with Crippen molar-refractivity contribution in [3.8, 4) is 0 Å². The Morgan fingerprint density at radius 3 is 1.78 bits per heavy atom. The molecule has 1 aromatic heterocycles. The molecule has 0 spiro atoms. The van der Waals surface area contributed by atoms with Crippen LogP contribution >= 0.6 is 11.3 Å². The lowest BCUT2D eigenvalue weighted by molar-refractivity contribution is 0.667. The zero-order valence-corrected chi connectivity index (χ0v) is 23.5. The van der Waals surface area contributed by atoms with Gasteiger partial charge in [-0.05, 0) is 99.4 Å². The van der Waals surface area contributed by atoms with E-state index in [2.05, 4.69) is 136 Å². The van der Waals surface area contributed by atoms with Crippen LogP contribution in [0, 0.1) is 13.8 Å². The Kier molecular flexibility index (Phi) is 9.57. The SMILES string of the molecule is CC=Cc1cc(CCCCCC)c(C=Cc2ccc(N(c3ccc(C)cc3)c3ccc(C)cc3)cc2)s1. The largest absolute Gasteiger partial charge is 0.311 e. The summed E-state index contributed by atoms with van der Waals surface area (Å²) >= 11 is 1.89. The van der Waals surface area contributed by atoms with Gasteiger partial charge in [0, 0.05) is 26.8 Å². The number of nitrogens with zero attached hydrogens (tertiary/aromatic N) is 1. The highest BCUT2D eigenvalue weighted by Crippen LogP contribution is 2.35. The van der Waals surface area contributed by atoms with Gasteiger partial charge < -0.3 is 4.90 Å². The van der Waals surface area contributed by atoms with Gasteiger partial charge in [-0.2, -0.15) is 0 Å². The van der Waals surface area contributed by atoms with Gasteiger partial charge in [-0.15, -0.1) is 11.3 Å². The molecule has 0 radical (unpaired) electrons. The lowest BCUT2D eigenvalue weighted by Crippen LogP contribution is -2.09. The van der Waals surface area contributed by atoms with Crippen LogP contribution in [0.4, 0.5) is 17.1 Å². The molecule has 0 N–H and O–H groups in total. The number of hydrogen-bond acceptors (Lipinski definition) is 2. The Morgan fingerprint density at radius 1 is 0.676 bits per heavy atom. The van der Waals surface area contributed by atoms with E-state index >= 15 is 0 Å². The van der Waals surface area contributed by atoms with Gasteiger partial charge in [0.05, 0.1) is 0 Å². The fourth-order valence-corrected chi connectivity index (χ4v) is 5.62. The number of rotatable bonds is 11. The highest BCUT2D eigenvalue weighted by Gasteiger charge is 2.12. The van der Waals surface area contributed by atoms with E-state index in [1.807, 2.05) is 11.3 Å². The fourth-order valence-electron chi connectivity index (χ4n) is 4.53. The van der Waals surface area contributed by atoms with Crippen LogP contribution in [0.25, 0.3) is 18.2 Å². The second kappa shape index (κ2) is 13.3. The van der Waals surface area contributed by atoms with Crippen molar-refractivity contribution in [3.05, 3.63) is 117 Å². The predicted molar refractivity (Wildman–Crippen MR) is 166 cm³/mol. The normalized spacial score (nSPS) is 11.6. The Labute approximate surface area is 227 Å². The Hall–Kier alpha value is -3.36. The van der Waals surface area contributed by atoms with E-state index in [4.69, 9.17) is 0 Å². The molecule has 0 unspecified atom stereocenters. The summed E-state index contributed by atoms with van der Waals surface area (Å²) in [6.45, 7) is 8.63. The smallest absolute Gasteiger partial charge is 0.0462 e. The molecule has 0 aliphatic carbocycles. The van der Waals surface area contributed by atoms with Crippen molar-refractivity contribution >= 4 is 46.6 Å². The second-order valence-corrected chi connectivity index (χ2v) is 10.9. The fraction of sp³-hybridized carbons (Fsp3) is 0.257. The molecule has 0 bridgehead atoms. The van der Waals surface area contributed by atoms with E-state index in [9.17, 15) is 0 Å². The summed E-state index contributed by atoms with van der Waals surface area (Å²) in [5, 5.41) is 0. The molecule has 1 nitrogen and oxygen atoms in total. The molecule has 0 atom stereocenters. The molecule has 0 aliphatic heterocycles. The molecule has 0 fully saturated rings. The Bertz CT molecular complexity index is 1260. The average molecular weight is 506 g/mol. The molecule has 0 saturated heterocycles. The van der Waals surface area contributed by atoms with E-state index in [1.165, 1.54) is 69.1 Å². The minimum absolute atomic E-state index is 1.16. The molecule has 4 aromatic rings. The summed E-state index contributed by atoms with van der Waals surface area (Å²) in [6.07, 6.45) is 15.3. The monoisotopic (exact) mass is 505 g/mol. The molecule has 0 saturated carbocycles. The maximum Gasteiger partial charge on any atom is 0.0462 e. The minimum Gasteiger partial charge on any atom is -0.311 e. The predicted octanol–water partition coefficient (Wildman–Crippen LogP) is 11.2. The van der Waals surface area contributed by atoms with Crippen molar-refractivity contribution in [1.82, 2.24) is 0 Å². The van der Waals surface area contributed by atoms with Gasteiger partial charge in [0.1, 0.15) is 0 Å². The number of aryl methyl sites for hydroxylation is 3. The third-order valence-corrected chi connectivity index (χ3v) is 7.76. The molecule has 3 aromatic carbocycles. The molecular weight excluding hydrogens is 466 g/mol. The van der Waals surface area contributed by atoms with Crippen molar-refractivity contribution in [2.75, 3.05) is 4.90 Å². The minimum atomic E-state index is 1.16. The quantitative estimate of drug-likeness (QED) is 0.183. The van der Waals surface area contributed by atoms with E-state index in [0.717, 1.165) is 12.1 Å². The number of anilines is 3. The first kappa shape index (κ1) is 26.7. The van der Waals surface area contributed by atoms with Crippen LogP contribution in [0.1, 0.15) is 71.5 Å². The van der Waals surface area contributed by atoms with E-state index in [0.29, 0.717) is 0 Å². The van der Waals surface area contributed by atoms with E-state index in [1.54, 1.807) is 0 Å². The molecule has 0 aliphatic rings. The van der Waals surface area contributed by atoms with Gasteiger partial charge in [-0.25, -0.2) is 0 Å². The first-order chi connectivity index (χ1) is 18.1. The van der Waals surface area contributed by atoms with Crippen molar-refractivity contribution < 1.29 is 0 Å². The van der Waals surface area contributed by atoms with Crippen LogP contribution in [-0.2, 0) is 6.42 Å². The highest BCUT2D eigenvalue weighted by atomic mass is 32.1. The maximum absolute atomic E-state index is 2.38. The van der Waals surface area contributed by atoms with Gasteiger partial charge in [0.2, 0.25) is 0 Å². The molecule has 4 rings (SSSR count). The molecule has 190 valence electrons. The van der Waals surface area contributed by atoms with Crippen LogP contribution < -0.4 is 4.90 Å². The zero-order chi connectivity index (χ0) is 26.0. The van der Waals surface area contributed by atoms with Gasteiger partial charge >= 0.3 is 0 Å². The first-order valence-electron chi connectivity index (χ1n) is 13.5. The van der Waals surface area contributed by atoms with Crippen LogP contribution in [0.15, 0.2) is 84.9 Å². The summed E-state index contributed by atoms with van der Waals surface area (Å²) in [6, 6.07) is 28.8. The molecule has 37 heavy (non-hydrogen) atoms. The van der Waals surface area contributed by atoms with Gasteiger partial charge in [0.25, 0.3) is 0 Å². The van der Waals surface area contributed by atoms with Gasteiger partial charge in [0.15, 0.2) is 0 Å². The lowest BCUT2D eigenvalue weighted by atomic mass is 10.1. The van der Waals surface area contributed by atoms with Crippen molar-refractivity contribution in [3.63, 3.8) is 0 Å². The molecule has 2 heteroatoms. The van der Waals surface area contributed by atoms with E-state index in [-0.39, 0.29) is 0 Å². The first-order valence-corrected chi connectivity index (χ1v) is 14.4. The maximum atomic E-state index is 2.38. The molecule has 0 amide bonds. The van der Waals surface area contributed by atoms with Crippen molar-refractivity contribution in [1.29, 1.82) is 0 Å². The van der Waals surface area contributed by atoms with Crippen molar-refractivity contribution in [2.45, 2.75) is 59.8 Å². The Balaban J connectivity index is 1.57. The zero-order valence-electron chi connectivity index (χ0n) is 22.7. The number of hydrogen-bond donors (Lipinski definition) is 0. The number of allylic oxidation sites excluding steroid dienone is 1. The van der Waals surface area contributed by atoms with E-state index < -0.39 is 0 Å². The van der Waals surface area contributed by atoms with Crippen molar-refractivity contribution in [2.24, 2.45) is 0 Å². The number of unbranched alkanes of at least 4 members (excludes halogenated alkanes) is 3. The molecule has 1 heterocycles. The van der Waals surface area contributed by atoms with Crippen LogP contribution in [-0.4, -0.2) is 0 Å². The summed E-state index contributed by atoms with van der Waals surface area (Å²) in [5.41, 5.74) is 8.73. The van der Waals surface area contributed by atoms with Crippen LogP contribution in [0.2, 0.25) is 0 Å². The second-order valence-electron chi connectivity index (χ2n) is 9.78. The third kappa shape index (κ3) is 7.33. The highest BCUT2D eigenvalue weighted by molar-refractivity contribution is 7.14. The van der Waals surface area contributed by atoms with Gasteiger partial charge in [-0.3, -0.25) is 0 Å². The summed E-state index contributed by atoms with van der Waals surface area (Å²) < 4.78 is 0. The van der Waals surface area contributed by atoms with Crippen LogP contribution in [0.3, 0.4) is 0 Å². The topological polar surface area (TPSA) is 3.24 Å². The van der Waals surface area contributed by atoms with Gasteiger partial charge in [-0.1, -0.05) is 85.9 Å². The average Bonchev–Trinajstić information content (AvgIpc) is 3.30. The molecular formula is C35H39NS.